The Hall–Kier alpha value is -3.72. The maximum absolute atomic E-state index is 13.1. The van der Waals surface area contributed by atoms with Crippen LogP contribution in [-0.2, 0) is 9.53 Å². The molecule has 9 nitrogen and oxygen atoms in total. The number of amides is 2. The highest BCUT2D eigenvalue weighted by Gasteiger charge is 2.23. The molecule has 0 bridgehead atoms. The zero-order chi connectivity index (χ0) is 23.6. The van der Waals surface area contributed by atoms with E-state index in [0.29, 0.717) is 49.8 Å². The van der Waals surface area contributed by atoms with Gasteiger partial charge in [0.15, 0.2) is 0 Å². The Morgan fingerprint density at radius 1 is 1.12 bits per heavy atom. The van der Waals surface area contributed by atoms with Crippen molar-refractivity contribution >= 4 is 23.6 Å². The van der Waals surface area contributed by atoms with E-state index in [0.717, 1.165) is 12.8 Å². The highest BCUT2D eigenvalue weighted by atomic mass is 16.6. The van der Waals surface area contributed by atoms with Crippen LogP contribution in [0.15, 0.2) is 54.2 Å². The summed E-state index contributed by atoms with van der Waals surface area (Å²) in [6.07, 6.45) is 3.49. The number of carbonyl (C=O) groups is 2. The molecule has 0 aromatic heterocycles. The van der Waals surface area contributed by atoms with Crippen LogP contribution < -0.4 is 10.1 Å². The largest absolute Gasteiger partial charge is 0.494 e. The van der Waals surface area contributed by atoms with Gasteiger partial charge in [-0.2, -0.15) is 0 Å². The molecule has 0 aliphatic carbocycles. The van der Waals surface area contributed by atoms with Gasteiger partial charge in [-0.25, -0.2) is 0 Å². The smallest absolute Gasteiger partial charge is 0.270 e. The van der Waals surface area contributed by atoms with Gasteiger partial charge in [-0.05, 0) is 54.5 Å². The third-order valence-electron chi connectivity index (χ3n) is 5.07. The maximum Gasteiger partial charge on any atom is 0.270 e. The van der Waals surface area contributed by atoms with Crippen molar-refractivity contribution in [3.63, 3.8) is 0 Å². The Morgan fingerprint density at radius 3 is 2.39 bits per heavy atom. The first kappa shape index (κ1) is 23.9. The van der Waals surface area contributed by atoms with Crippen LogP contribution in [0.2, 0.25) is 0 Å². The first-order valence-electron chi connectivity index (χ1n) is 10.9. The Balaban J connectivity index is 1.79. The second kappa shape index (κ2) is 11.8. The normalized spacial score (nSPS) is 14.0. The summed E-state index contributed by atoms with van der Waals surface area (Å²) in [5.41, 5.74) is 0.955. The van der Waals surface area contributed by atoms with Gasteiger partial charge in [0.25, 0.3) is 17.5 Å². The van der Waals surface area contributed by atoms with Crippen LogP contribution in [0.4, 0.5) is 5.69 Å². The van der Waals surface area contributed by atoms with Gasteiger partial charge < -0.3 is 19.7 Å². The molecule has 1 heterocycles. The third-order valence-corrected chi connectivity index (χ3v) is 5.07. The van der Waals surface area contributed by atoms with E-state index in [-0.39, 0.29) is 17.3 Å². The highest BCUT2D eigenvalue weighted by Crippen LogP contribution is 2.17. The number of ether oxygens (including phenoxy) is 2. The lowest BCUT2D eigenvalue weighted by Crippen LogP contribution is -2.44. The third kappa shape index (κ3) is 6.88. The first-order chi connectivity index (χ1) is 16.0. The van der Waals surface area contributed by atoms with Gasteiger partial charge >= 0.3 is 0 Å². The standard InChI is InChI=1S/C24H27N3O6/c1-2-3-14-33-21-10-6-19(7-11-21)23(28)25-22(24(29)26-12-15-32-16-13-26)17-18-4-8-20(9-5-18)27(30)31/h4-11,17H,2-3,12-16H2,1H3,(H,25,28). The second-order valence-corrected chi connectivity index (χ2v) is 7.49. The predicted molar refractivity (Wildman–Crippen MR) is 123 cm³/mol. The van der Waals surface area contributed by atoms with Crippen molar-refractivity contribution in [3.05, 3.63) is 75.5 Å². The Kier molecular flexibility index (Phi) is 8.54. The van der Waals surface area contributed by atoms with E-state index in [9.17, 15) is 19.7 Å². The van der Waals surface area contributed by atoms with Gasteiger partial charge in [-0.3, -0.25) is 19.7 Å². The van der Waals surface area contributed by atoms with E-state index in [1.165, 1.54) is 30.3 Å². The molecular formula is C24H27N3O6. The number of nitrogens with one attached hydrogen (secondary N) is 1. The molecule has 33 heavy (non-hydrogen) atoms. The summed E-state index contributed by atoms with van der Waals surface area (Å²) < 4.78 is 10.9. The van der Waals surface area contributed by atoms with Gasteiger partial charge in [0, 0.05) is 30.8 Å². The number of non-ortho nitro benzene ring substituents is 1. The molecule has 1 N–H and O–H groups in total. The molecule has 9 heteroatoms. The molecule has 1 aliphatic heterocycles. The number of nitro groups is 1. The monoisotopic (exact) mass is 453 g/mol. The summed E-state index contributed by atoms with van der Waals surface area (Å²) >= 11 is 0. The van der Waals surface area contributed by atoms with Crippen molar-refractivity contribution in [2.24, 2.45) is 0 Å². The predicted octanol–water partition coefficient (Wildman–Crippen LogP) is 3.40. The fourth-order valence-corrected chi connectivity index (χ4v) is 3.18. The molecule has 2 aromatic rings. The lowest BCUT2D eigenvalue weighted by atomic mass is 10.1. The summed E-state index contributed by atoms with van der Waals surface area (Å²) in [4.78, 5) is 38.0. The number of nitrogens with zero attached hydrogens (tertiary/aromatic N) is 2. The molecule has 1 saturated heterocycles. The Labute approximate surface area is 192 Å². The van der Waals surface area contributed by atoms with E-state index in [4.69, 9.17) is 9.47 Å². The molecule has 1 aliphatic rings. The van der Waals surface area contributed by atoms with Crippen LogP contribution in [0.3, 0.4) is 0 Å². The molecule has 2 amide bonds. The molecule has 174 valence electrons. The number of unbranched alkanes of at least 4 members (excludes halogenated alkanes) is 1. The van der Waals surface area contributed by atoms with Crippen LogP contribution in [0.1, 0.15) is 35.7 Å². The highest BCUT2D eigenvalue weighted by molar-refractivity contribution is 6.05. The van der Waals surface area contributed by atoms with Gasteiger partial charge in [-0.1, -0.05) is 13.3 Å². The van der Waals surface area contributed by atoms with Gasteiger partial charge in [0.2, 0.25) is 0 Å². The Bertz CT molecular complexity index is 996. The van der Waals surface area contributed by atoms with E-state index in [1.807, 2.05) is 0 Å². The number of morpholine rings is 1. The average Bonchev–Trinajstić information content (AvgIpc) is 2.84. The minimum absolute atomic E-state index is 0.0570. The molecule has 0 radical (unpaired) electrons. The molecular weight excluding hydrogens is 426 g/mol. The van der Waals surface area contributed by atoms with Crippen molar-refractivity contribution in [2.45, 2.75) is 19.8 Å². The number of nitro benzene ring substituents is 1. The van der Waals surface area contributed by atoms with E-state index < -0.39 is 10.8 Å². The maximum atomic E-state index is 13.1. The van der Waals surface area contributed by atoms with Crippen molar-refractivity contribution < 1.29 is 24.0 Å². The Morgan fingerprint density at radius 2 is 1.79 bits per heavy atom. The fraction of sp³-hybridized carbons (Fsp3) is 0.333. The number of hydrogen-bond acceptors (Lipinski definition) is 6. The fourth-order valence-electron chi connectivity index (χ4n) is 3.18. The molecule has 0 unspecified atom stereocenters. The topological polar surface area (TPSA) is 111 Å². The number of carbonyl (C=O) groups excluding carboxylic acids is 2. The summed E-state index contributed by atoms with van der Waals surface area (Å²) in [5, 5.41) is 13.6. The van der Waals surface area contributed by atoms with Crippen LogP contribution in [-0.4, -0.2) is 54.5 Å². The average molecular weight is 453 g/mol. The van der Waals surface area contributed by atoms with E-state index >= 15 is 0 Å². The van der Waals surface area contributed by atoms with Crippen LogP contribution >= 0.6 is 0 Å². The lowest BCUT2D eigenvalue weighted by molar-refractivity contribution is -0.384. The summed E-state index contributed by atoms with van der Waals surface area (Å²) in [7, 11) is 0. The number of rotatable bonds is 9. The summed E-state index contributed by atoms with van der Waals surface area (Å²) in [6.45, 7) is 4.36. The van der Waals surface area contributed by atoms with Crippen LogP contribution in [0.5, 0.6) is 5.75 Å². The lowest BCUT2D eigenvalue weighted by Gasteiger charge is -2.27. The van der Waals surface area contributed by atoms with Crippen molar-refractivity contribution in [3.8, 4) is 5.75 Å². The SMILES string of the molecule is CCCCOc1ccc(C(=O)NC(=Cc2ccc([N+](=O)[O-])cc2)C(=O)N2CCOCC2)cc1. The summed E-state index contributed by atoms with van der Waals surface area (Å²) in [6, 6.07) is 12.5. The molecule has 2 aromatic carbocycles. The minimum atomic E-state index is -0.495. The number of benzene rings is 2. The molecule has 0 saturated carbocycles. The van der Waals surface area contributed by atoms with Crippen LogP contribution in [0.25, 0.3) is 6.08 Å². The van der Waals surface area contributed by atoms with Crippen molar-refractivity contribution in [2.75, 3.05) is 32.9 Å². The van der Waals surface area contributed by atoms with Crippen LogP contribution in [0, 0.1) is 10.1 Å². The molecule has 0 atom stereocenters. The van der Waals surface area contributed by atoms with Crippen molar-refractivity contribution in [1.82, 2.24) is 10.2 Å². The zero-order valence-electron chi connectivity index (χ0n) is 18.5. The van der Waals surface area contributed by atoms with Gasteiger partial charge in [-0.15, -0.1) is 0 Å². The zero-order valence-corrected chi connectivity index (χ0v) is 18.5. The molecule has 1 fully saturated rings. The van der Waals surface area contributed by atoms with Gasteiger partial charge in [0.05, 0.1) is 24.7 Å². The molecule has 3 rings (SSSR count). The van der Waals surface area contributed by atoms with E-state index in [1.54, 1.807) is 29.2 Å². The van der Waals surface area contributed by atoms with Crippen molar-refractivity contribution in [1.29, 1.82) is 0 Å². The second-order valence-electron chi connectivity index (χ2n) is 7.49. The summed E-state index contributed by atoms with van der Waals surface area (Å²) in [5.74, 6) is -0.111. The number of hydrogen-bond donors (Lipinski definition) is 1. The minimum Gasteiger partial charge on any atom is -0.494 e. The molecule has 0 spiro atoms. The van der Waals surface area contributed by atoms with Gasteiger partial charge in [0.1, 0.15) is 11.4 Å². The first-order valence-corrected chi connectivity index (χ1v) is 10.9. The quantitative estimate of drug-likeness (QED) is 0.270. The van der Waals surface area contributed by atoms with E-state index in [2.05, 4.69) is 12.2 Å².